The average Bonchev–Trinajstić information content (AvgIpc) is 2.84. The molecule has 0 radical (unpaired) electrons. The number of amides is 1. The van der Waals surface area contributed by atoms with E-state index in [0.29, 0.717) is 18.3 Å². The number of nitrogens with one attached hydrogen (secondary N) is 1. The molecule has 0 aromatic heterocycles. The normalized spacial score (nSPS) is 44.2. The predicted molar refractivity (Wildman–Crippen MR) is 154 cm³/mol. The van der Waals surface area contributed by atoms with Gasteiger partial charge < -0.3 is 15.2 Å². The van der Waals surface area contributed by atoms with Crippen molar-refractivity contribution in [2.24, 2.45) is 56.7 Å². The molecule has 0 saturated heterocycles. The van der Waals surface area contributed by atoms with E-state index in [0.717, 1.165) is 57.7 Å². The van der Waals surface area contributed by atoms with Crippen molar-refractivity contribution in [1.82, 2.24) is 5.32 Å². The number of ketones is 1. The highest BCUT2D eigenvalue weighted by atomic mass is 16.4. The fraction of sp³-hybridized carbons (Fsp3) is 0.824. The first-order chi connectivity index (χ1) is 18.5. The van der Waals surface area contributed by atoms with Gasteiger partial charge in [0.1, 0.15) is 6.29 Å². The van der Waals surface area contributed by atoms with E-state index in [-0.39, 0.29) is 63.6 Å². The zero-order valence-electron chi connectivity index (χ0n) is 25.8. The Labute approximate surface area is 240 Å². The molecule has 6 nitrogen and oxygen atoms in total. The molecule has 5 aliphatic carbocycles. The molecule has 0 bridgehead atoms. The van der Waals surface area contributed by atoms with Gasteiger partial charge in [0.2, 0.25) is 5.91 Å². The SMILES string of the molecule is CC(C)(C=O)CC(=O)NC1CCC2(C)C(CCC3(C)C4CCC5(C)CCC(C(=O)O)CC5C4=CC(=O)C32)C1(C)C. The lowest BCUT2D eigenvalue weighted by Crippen LogP contribution is -2.65. The molecule has 0 aliphatic heterocycles. The maximum atomic E-state index is 14.3. The number of carbonyl (C=O) groups is 4. The van der Waals surface area contributed by atoms with E-state index in [1.807, 2.05) is 6.08 Å². The first-order valence-electron chi connectivity index (χ1n) is 15.7. The summed E-state index contributed by atoms with van der Waals surface area (Å²) in [6.07, 6.45) is 11.3. The van der Waals surface area contributed by atoms with Crippen LogP contribution in [-0.2, 0) is 19.2 Å². The summed E-state index contributed by atoms with van der Waals surface area (Å²) in [5.74, 6) is -0.0432. The Morgan fingerprint density at radius 1 is 0.975 bits per heavy atom. The average molecular weight is 554 g/mol. The van der Waals surface area contributed by atoms with E-state index in [4.69, 9.17) is 0 Å². The lowest BCUT2D eigenvalue weighted by Gasteiger charge is -2.67. The fourth-order valence-corrected chi connectivity index (χ4v) is 10.9. The summed E-state index contributed by atoms with van der Waals surface area (Å²) in [5, 5.41) is 13.1. The van der Waals surface area contributed by atoms with Crippen LogP contribution in [-0.4, -0.2) is 35.1 Å². The van der Waals surface area contributed by atoms with Crippen LogP contribution in [0, 0.1) is 56.7 Å². The van der Waals surface area contributed by atoms with Crippen LogP contribution in [0.3, 0.4) is 0 Å². The van der Waals surface area contributed by atoms with Crippen LogP contribution < -0.4 is 5.32 Å². The Morgan fingerprint density at radius 2 is 1.62 bits per heavy atom. The number of aldehydes is 1. The second kappa shape index (κ2) is 9.52. The largest absolute Gasteiger partial charge is 0.481 e. The van der Waals surface area contributed by atoms with Gasteiger partial charge in [-0.05, 0) is 103 Å². The molecule has 222 valence electrons. The Bertz CT molecular complexity index is 1140. The highest BCUT2D eigenvalue weighted by molar-refractivity contribution is 5.95. The Hall–Kier alpha value is -1.98. The molecule has 4 saturated carbocycles. The Morgan fingerprint density at radius 3 is 2.27 bits per heavy atom. The summed E-state index contributed by atoms with van der Waals surface area (Å²) in [4.78, 5) is 50.6. The molecule has 9 atom stereocenters. The first-order valence-corrected chi connectivity index (χ1v) is 15.7. The molecular formula is C34H51NO5. The molecule has 5 rings (SSSR count). The molecule has 0 heterocycles. The maximum Gasteiger partial charge on any atom is 0.306 e. The molecule has 4 fully saturated rings. The Kier molecular flexibility index (Phi) is 7.03. The van der Waals surface area contributed by atoms with Crippen LogP contribution in [0.1, 0.15) is 113 Å². The zero-order chi connectivity index (χ0) is 29.5. The number of hydrogen-bond donors (Lipinski definition) is 2. The molecule has 0 spiro atoms. The van der Waals surface area contributed by atoms with Crippen LogP contribution >= 0.6 is 0 Å². The number of fused-ring (bicyclic) bond motifs is 7. The summed E-state index contributed by atoms with van der Waals surface area (Å²) in [5.41, 5.74) is 0.225. The summed E-state index contributed by atoms with van der Waals surface area (Å²) in [6.45, 7) is 15.2. The van der Waals surface area contributed by atoms with Crippen LogP contribution in [0.15, 0.2) is 11.6 Å². The van der Waals surface area contributed by atoms with Gasteiger partial charge >= 0.3 is 5.97 Å². The molecule has 9 unspecified atom stereocenters. The van der Waals surface area contributed by atoms with Crippen LogP contribution in [0.4, 0.5) is 0 Å². The van der Waals surface area contributed by atoms with E-state index >= 15 is 0 Å². The first kappa shape index (κ1) is 29.5. The minimum atomic E-state index is -0.690. The van der Waals surface area contributed by atoms with Gasteiger partial charge in [-0.2, -0.15) is 0 Å². The lowest BCUT2D eigenvalue weighted by atomic mass is 9.37. The number of carboxylic acid groups (broad SMARTS) is 1. The van der Waals surface area contributed by atoms with Gasteiger partial charge in [-0.25, -0.2) is 0 Å². The topological polar surface area (TPSA) is 101 Å². The van der Waals surface area contributed by atoms with E-state index in [9.17, 15) is 24.3 Å². The molecule has 1 amide bonds. The van der Waals surface area contributed by atoms with Gasteiger partial charge in [-0.15, -0.1) is 0 Å². The van der Waals surface area contributed by atoms with E-state index in [1.165, 1.54) is 5.57 Å². The number of carboxylic acids is 1. The van der Waals surface area contributed by atoms with Crippen LogP contribution in [0.25, 0.3) is 0 Å². The Balaban J connectivity index is 1.44. The van der Waals surface area contributed by atoms with Crippen molar-refractivity contribution in [3.05, 3.63) is 11.6 Å². The molecule has 5 aliphatic rings. The maximum absolute atomic E-state index is 14.3. The van der Waals surface area contributed by atoms with Gasteiger partial charge in [-0.3, -0.25) is 14.4 Å². The highest BCUT2D eigenvalue weighted by Crippen LogP contribution is 2.70. The minimum Gasteiger partial charge on any atom is -0.481 e. The van der Waals surface area contributed by atoms with Crippen molar-refractivity contribution < 1.29 is 24.3 Å². The van der Waals surface area contributed by atoms with Crippen molar-refractivity contribution >= 4 is 23.9 Å². The van der Waals surface area contributed by atoms with Gasteiger partial charge in [-0.1, -0.05) is 54.0 Å². The highest BCUT2D eigenvalue weighted by Gasteiger charge is 2.66. The zero-order valence-corrected chi connectivity index (χ0v) is 25.8. The summed E-state index contributed by atoms with van der Waals surface area (Å²) in [7, 11) is 0. The van der Waals surface area contributed by atoms with Crippen molar-refractivity contribution in [2.45, 2.75) is 119 Å². The van der Waals surface area contributed by atoms with Gasteiger partial charge in [0, 0.05) is 23.8 Å². The smallest absolute Gasteiger partial charge is 0.306 e. The van der Waals surface area contributed by atoms with E-state index in [2.05, 4.69) is 39.9 Å². The second-order valence-corrected chi connectivity index (χ2v) is 16.5. The van der Waals surface area contributed by atoms with Crippen molar-refractivity contribution in [1.29, 1.82) is 0 Å². The summed E-state index contributed by atoms with van der Waals surface area (Å²) < 4.78 is 0. The minimum absolute atomic E-state index is 0.0141. The fourth-order valence-electron chi connectivity index (χ4n) is 10.9. The number of hydrogen-bond acceptors (Lipinski definition) is 4. The number of allylic oxidation sites excluding steroid dienone is 2. The molecule has 0 aromatic rings. The van der Waals surface area contributed by atoms with E-state index < -0.39 is 11.4 Å². The number of aliphatic carboxylic acids is 1. The number of carbonyl (C=O) groups excluding carboxylic acids is 3. The third kappa shape index (κ3) is 4.42. The summed E-state index contributed by atoms with van der Waals surface area (Å²) >= 11 is 0. The molecule has 40 heavy (non-hydrogen) atoms. The third-order valence-electron chi connectivity index (χ3n) is 13.1. The number of rotatable bonds is 5. The monoisotopic (exact) mass is 553 g/mol. The third-order valence-corrected chi connectivity index (χ3v) is 13.1. The van der Waals surface area contributed by atoms with Crippen LogP contribution in [0.5, 0.6) is 0 Å². The molecular weight excluding hydrogens is 502 g/mol. The molecule has 0 aromatic carbocycles. The molecule has 2 N–H and O–H groups in total. The van der Waals surface area contributed by atoms with E-state index in [1.54, 1.807) is 13.8 Å². The second-order valence-electron chi connectivity index (χ2n) is 16.5. The van der Waals surface area contributed by atoms with Crippen molar-refractivity contribution in [3.8, 4) is 0 Å². The summed E-state index contributed by atoms with van der Waals surface area (Å²) in [6, 6.07) is 0.0141. The van der Waals surface area contributed by atoms with Crippen molar-refractivity contribution in [3.63, 3.8) is 0 Å². The standard InChI is InChI=1S/C34H51NO5/c1-30(2,19-36)18-27(38)35-26-11-15-34(7)25(31(26,3)4)10-14-33(6)22-9-13-32(5)12-8-20(29(39)40)16-23(32)21(22)17-24(37)28(33)34/h17,19-20,22-23,25-26,28H,8-16,18H2,1-7H3,(H,35,38)(H,39,40). The van der Waals surface area contributed by atoms with Crippen molar-refractivity contribution in [2.75, 3.05) is 0 Å². The van der Waals surface area contributed by atoms with Gasteiger partial charge in [0.15, 0.2) is 5.78 Å². The van der Waals surface area contributed by atoms with Gasteiger partial charge in [0.25, 0.3) is 0 Å². The molecule has 6 heteroatoms. The predicted octanol–water partition coefficient (Wildman–Crippen LogP) is 6.37. The lowest BCUT2D eigenvalue weighted by molar-refractivity contribution is -0.174. The van der Waals surface area contributed by atoms with Crippen LogP contribution in [0.2, 0.25) is 0 Å². The quantitative estimate of drug-likeness (QED) is 0.385. The van der Waals surface area contributed by atoms with Gasteiger partial charge in [0.05, 0.1) is 5.92 Å².